The van der Waals surface area contributed by atoms with Crippen molar-refractivity contribution in [3.8, 4) is 0 Å². The lowest BCUT2D eigenvalue weighted by atomic mass is 10.1. The lowest BCUT2D eigenvalue weighted by molar-refractivity contribution is -0.142. The summed E-state index contributed by atoms with van der Waals surface area (Å²) >= 11 is 0. The maximum atomic E-state index is 12.2. The van der Waals surface area contributed by atoms with Crippen LogP contribution >= 0.6 is 0 Å². The molecule has 132 valence electrons. The maximum absolute atomic E-state index is 12.2. The molecule has 0 fully saturated rings. The Labute approximate surface area is 137 Å². The van der Waals surface area contributed by atoms with Crippen molar-refractivity contribution in [1.82, 2.24) is 20.6 Å². The number of carbonyl (C=O) groups is 4. The summed E-state index contributed by atoms with van der Waals surface area (Å²) in [4.78, 5) is 52.7. The van der Waals surface area contributed by atoms with Crippen LogP contribution in [0.15, 0.2) is 12.5 Å². The molecule has 11 nitrogen and oxygen atoms in total. The molecule has 1 rings (SSSR count). The Bertz CT molecular complexity index is 600. The Hall–Kier alpha value is -2.95. The number of nitrogens with two attached hydrogens (primary N) is 2. The minimum absolute atomic E-state index is 0.0500. The van der Waals surface area contributed by atoms with Gasteiger partial charge in [-0.2, -0.15) is 0 Å². The van der Waals surface area contributed by atoms with Crippen LogP contribution in [0.25, 0.3) is 0 Å². The van der Waals surface area contributed by atoms with Crippen LogP contribution in [-0.2, 0) is 25.6 Å². The quantitative estimate of drug-likeness (QED) is 0.280. The summed E-state index contributed by atoms with van der Waals surface area (Å²) in [6.45, 7) is 1.40. The van der Waals surface area contributed by atoms with Crippen LogP contribution in [0, 0.1) is 0 Å². The van der Waals surface area contributed by atoms with E-state index in [4.69, 9.17) is 11.5 Å². The maximum Gasteiger partial charge on any atom is 0.326 e. The first-order valence-corrected chi connectivity index (χ1v) is 7.05. The molecule has 11 heteroatoms. The third kappa shape index (κ3) is 6.04. The number of carbonyl (C=O) groups excluding carboxylic acids is 3. The molecule has 3 atom stereocenters. The second kappa shape index (κ2) is 8.62. The standard InChI is InChI=1S/C13H20N6O5/c1-6(14)11(21)18-8(3-10(15)20)12(22)19-9(13(23)24)2-7-4-16-5-17-7/h4-6,8-9H,2-3,14H2,1H3,(H2,15,20)(H,16,17)(H,18,21)(H,19,22)(H,23,24). The third-order valence-corrected chi connectivity index (χ3v) is 3.05. The number of hydrogen-bond donors (Lipinski definition) is 6. The van der Waals surface area contributed by atoms with E-state index < -0.39 is 48.2 Å². The first-order chi connectivity index (χ1) is 11.2. The zero-order valence-electron chi connectivity index (χ0n) is 13.0. The molecule has 0 aliphatic carbocycles. The molecule has 24 heavy (non-hydrogen) atoms. The zero-order chi connectivity index (χ0) is 18.3. The molecule has 0 bridgehead atoms. The van der Waals surface area contributed by atoms with Crippen molar-refractivity contribution in [2.75, 3.05) is 0 Å². The summed E-state index contributed by atoms with van der Waals surface area (Å²) in [6.07, 6.45) is 2.25. The Balaban J connectivity index is 2.80. The lowest BCUT2D eigenvalue weighted by Gasteiger charge is -2.21. The van der Waals surface area contributed by atoms with Gasteiger partial charge in [0.1, 0.15) is 12.1 Å². The highest BCUT2D eigenvalue weighted by atomic mass is 16.4. The molecule has 0 aliphatic rings. The normalized spacial score (nSPS) is 14.2. The van der Waals surface area contributed by atoms with Crippen LogP contribution in [0.4, 0.5) is 0 Å². The number of aromatic nitrogens is 2. The molecular weight excluding hydrogens is 320 g/mol. The van der Waals surface area contributed by atoms with Crippen molar-refractivity contribution in [3.63, 3.8) is 0 Å². The number of imidazole rings is 1. The fourth-order valence-electron chi connectivity index (χ4n) is 1.80. The molecule has 1 aromatic heterocycles. The van der Waals surface area contributed by atoms with E-state index in [0.717, 1.165) is 0 Å². The second-order valence-corrected chi connectivity index (χ2v) is 5.20. The molecule has 0 saturated heterocycles. The van der Waals surface area contributed by atoms with Crippen molar-refractivity contribution in [1.29, 1.82) is 0 Å². The highest BCUT2D eigenvalue weighted by Crippen LogP contribution is 2.01. The molecule has 0 spiro atoms. The van der Waals surface area contributed by atoms with Crippen LogP contribution in [-0.4, -0.2) is 56.9 Å². The average molecular weight is 340 g/mol. The van der Waals surface area contributed by atoms with E-state index in [-0.39, 0.29) is 6.42 Å². The number of carboxylic acid groups (broad SMARTS) is 1. The monoisotopic (exact) mass is 340 g/mol. The van der Waals surface area contributed by atoms with Gasteiger partial charge in [0.2, 0.25) is 17.7 Å². The minimum Gasteiger partial charge on any atom is -0.480 e. The van der Waals surface area contributed by atoms with Gasteiger partial charge in [0.15, 0.2) is 0 Å². The number of nitrogens with zero attached hydrogens (tertiary/aromatic N) is 1. The molecule has 1 heterocycles. The molecule has 0 aliphatic heterocycles. The van der Waals surface area contributed by atoms with Gasteiger partial charge in [-0.15, -0.1) is 0 Å². The summed E-state index contributed by atoms with van der Waals surface area (Å²) < 4.78 is 0. The predicted molar refractivity (Wildman–Crippen MR) is 81.2 cm³/mol. The van der Waals surface area contributed by atoms with Crippen molar-refractivity contribution in [3.05, 3.63) is 18.2 Å². The predicted octanol–water partition coefficient (Wildman–Crippen LogP) is -2.77. The number of carboxylic acids is 1. The van der Waals surface area contributed by atoms with Gasteiger partial charge in [0, 0.05) is 18.3 Å². The first kappa shape index (κ1) is 19.1. The van der Waals surface area contributed by atoms with Crippen molar-refractivity contribution < 1.29 is 24.3 Å². The highest BCUT2D eigenvalue weighted by Gasteiger charge is 2.28. The first-order valence-electron chi connectivity index (χ1n) is 7.05. The topological polar surface area (TPSA) is 193 Å². The van der Waals surface area contributed by atoms with Crippen LogP contribution in [0.5, 0.6) is 0 Å². The van der Waals surface area contributed by atoms with E-state index >= 15 is 0 Å². The largest absolute Gasteiger partial charge is 0.480 e. The SMILES string of the molecule is CC(N)C(=O)NC(CC(N)=O)C(=O)NC(Cc1cnc[nH]1)C(=O)O. The smallest absolute Gasteiger partial charge is 0.326 e. The Morgan fingerprint density at radius 2 is 1.88 bits per heavy atom. The molecule has 3 unspecified atom stereocenters. The minimum atomic E-state index is -1.32. The Kier molecular flexibility index (Phi) is 6.86. The van der Waals surface area contributed by atoms with Gasteiger partial charge in [-0.05, 0) is 6.92 Å². The Morgan fingerprint density at radius 1 is 1.25 bits per heavy atom. The van der Waals surface area contributed by atoms with Gasteiger partial charge in [-0.3, -0.25) is 14.4 Å². The van der Waals surface area contributed by atoms with Gasteiger partial charge in [0.05, 0.1) is 18.8 Å². The summed E-state index contributed by atoms with van der Waals surface area (Å²) in [5.41, 5.74) is 10.9. The number of H-pyrrole nitrogens is 1. The van der Waals surface area contributed by atoms with Crippen LogP contribution in [0.1, 0.15) is 19.0 Å². The van der Waals surface area contributed by atoms with Gasteiger partial charge >= 0.3 is 5.97 Å². The second-order valence-electron chi connectivity index (χ2n) is 5.20. The number of rotatable bonds is 9. The number of hydrogen-bond acceptors (Lipinski definition) is 6. The fraction of sp³-hybridized carbons (Fsp3) is 0.462. The average Bonchev–Trinajstić information content (AvgIpc) is 2.97. The number of nitrogens with one attached hydrogen (secondary N) is 3. The van der Waals surface area contributed by atoms with Gasteiger partial charge < -0.3 is 32.2 Å². The third-order valence-electron chi connectivity index (χ3n) is 3.05. The molecule has 0 aromatic carbocycles. The summed E-state index contributed by atoms with van der Waals surface area (Å²) in [7, 11) is 0. The van der Waals surface area contributed by atoms with Crippen LogP contribution in [0.3, 0.4) is 0 Å². The van der Waals surface area contributed by atoms with Gasteiger partial charge in [-0.25, -0.2) is 9.78 Å². The zero-order valence-corrected chi connectivity index (χ0v) is 13.0. The summed E-state index contributed by atoms with van der Waals surface area (Å²) in [5, 5.41) is 13.7. The Morgan fingerprint density at radius 3 is 2.33 bits per heavy atom. The van der Waals surface area contributed by atoms with E-state index in [1.54, 1.807) is 0 Å². The van der Waals surface area contributed by atoms with E-state index in [2.05, 4.69) is 20.6 Å². The number of amides is 3. The summed E-state index contributed by atoms with van der Waals surface area (Å²) in [5.74, 6) is -3.64. The van der Waals surface area contributed by atoms with Crippen molar-refractivity contribution >= 4 is 23.7 Å². The molecule has 8 N–H and O–H groups in total. The van der Waals surface area contributed by atoms with Gasteiger partial charge in [0.25, 0.3) is 0 Å². The fourth-order valence-corrected chi connectivity index (χ4v) is 1.80. The van der Waals surface area contributed by atoms with E-state index in [1.807, 2.05) is 0 Å². The highest BCUT2D eigenvalue weighted by molar-refractivity contribution is 5.94. The van der Waals surface area contributed by atoms with E-state index in [1.165, 1.54) is 19.4 Å². The van der Waals surface area contributed by atoms with E-state index in [9.17, 15) is 24.3 Å². The molecule has 1 aromatic rings. The lowest BCUT2D eigenvalue weighted by Crippen LogP contribution is -2.55. The molecule has 3 amide bonds. The van der Waals surface area contributed by atoms with E-state index in [0.29, 0.717) is 5.69 Å². The van der Waals surface area contributed by atoms with Crippen LogP contribution < -0.4 is 22.1 Å². The number of primary amides is 1. The van der Waals surface area contributed by atoms with Crippen LogP contribution in [0.2, 0.25) is 0 Å². The molecular formula is C13H20N6O5. The number of aromatic amines is 1. The number of aliphatic carboxylic acids is 1. The van der Waals surface area contributed by atoms with Crippen molar-refractivity contribution in [2.24, 2.45) is 11.5 Å². The van der Waals surface area contributed by atoms with Crippen molar-refractivity contribution in [2.45, 2.75) is 37.9 Å². The molecule has 0 radical (unpaired) electrons. The summed E-state index contributed by atoms with van der Waals surface area (Å²) in [6, 6.07) is -3.50. The molecule has 0 saturated carbocycles. The van der Waals surface area contributed by atoms with Gasteiger partial charge in [-0.1, -0.05) is 0 Å².